The van der Waals surface area contributed by atoms with Gasteiger partial charge in [-0.25, -0.2) is 0 Å². The second-order valence-electron chi connectivity index (χ2n) is 7.10. The zero-order valence-electron chi connectivity index (χ0n) is 15.3. The minimum absolute atomic E-state index is 0.164. The van der Waals surface area contributed by atoms with Gasteiger partial charge in [-0.1, -0.05) is 17.5 Å². The number of nitrogens with two attached hydrogens (primary N) is 1. The van der Waals surface area contributed by atoms with Crippen molar-refractivity contribution in [3.63, 3.8) is 0 Å². The topological polar surface area (TPSA) is 67.6 Å². The van der Waals surface area contributed by atoms with E-state index in [1.54, 1.807) is 19.1 Å². The molecule has 2 fully saturated rings. The van der Waals surface area contributed by atoms with Crippen LogP contribution in [0.25, 0.3) is 0 Å². The summed E-state index contributed by atoms with van der Waals surface area (Å²) in [7, 11) is 0. The molecule has 5 nitrogen and oxygen atoms in total. The largest absolute Gasteiger partial charge is 0.477 e. The fourth-order valence-electron chi connectivity index (χ4n) is 3.88. The fourth-order valence-corrected chi connectivity index (χ4v) is 4.05. The monoisotopic (exact) mass is 375 g/mol. The van der Waals surface area contributed by atoms with E-state index in [9.17, 15) is 4.79 Å². The first-order chi connectivity index (χ1) is 12.5. The van der Waals surface area contributed by atoms with E-state index >= 15 is 0 Å². The van der Waals surface area contributed by atoms with E-state index in [0.717, 1.165) is 25.9 Å². The van der Waals surface area contributed by atoms with Crippen molar-refractivity contribution in [2.45, 2.75) is 45.3 Å². The molecule has 2 unspecified atom stereocenters. The third-order valence-corrected chi connectivity index (χ3v) is 5.51. The molecule has 0 aromatic heterocycles. The van der Waals surface area contributed by atoms with Crippen molar-refractivity contribution in [1.29, 1.82) is 0 Å². The molecule has 1 amide bonds. The van der Waals surface area contributed by atoms with Crippen LogP contribution < -0.4 is 15.8 Å². The Bertz CT molecular complexity index is 741. The summed E-state index contributed by atoms with van der Waals surface area (Å²) in [6.45, 7) is 6.87. The van der Waals surface area contributed by atoms with E-state index in [1.807, 2.05) is 6.92 Å². The number of carbonyl (C=O) groups is 1. The van der Waals surface area contributed by atoms with E-state index in [-0.39, 0.29) is 18.1 Å². The van der Waals surface area contributed by atoms with Gasteiger partial charge in [0.1, 0.15) is 5.75 Å². The second-order valence-corrected chi connectivity index (χ2v) is 7.50. The fraction of sp³-hybridized carbons (Fsp3) is 0.550. The van der Waals surface area contributed by atoms with Crippen molar-refractivity contribution >= 4 is 23.2 Å². The van der Waals surface area contributed by atoms with Crippen LogP contribution >= 0.6 is 11.6 Å². The molecule has 26 heavy (non-hydrogen) atoms. The molecule has 140 valence electrons. The van der Waals surface area contributed by atoms with Gasteiger partial charge in [0.2, 0.25) is 0 Å². The van der Waals surface area contributed by atoms with Gasteiger partial charge in [-0.15, -0.1) is 5.92 Å². The van der Waals surface area contributed by atoms with E-state index in [0.29, 0.717) is 27.9 Å². The number of nitrogen functional groups attached to an aromatic ring is 1. The average molecular weight is 376 g/mol. The number of carbonyl (C=O) groups excluding carboxylic acids is 1. The summed E-state index contributed by atoms with van der Waals surface area (Å²) >= 11 is 6.16. The summed E-state index contributed by atoms with van der Waals surface area (Å²) in [6, 6.07) is 3.38. The van der Waals surface area contributed by atoms with Gasteiger partial charge in [0.15, 0.2) is 6.10 Å². The number of piperidine rings is 2. The van der Waals surface area contributed by atoms with E-state index in [1.165, 1.54) is 13.0 Å². The minimum atomic E-state index is -0.339. The summed E-state index contributed by atoms with van der Waals surface area (Å²) in [4.78, 5) is 15.4. The van der Waals surface area contributed by atoms with Crippen LogP contribution in [0.5, 0.6) is 5.75 Å². The maximum Gasteiger partial charge on any atom is 0.255 e. The minimum Gasteiger partial charge on any atom is -0.477 e. The highest BCUT2D eigenvalue weighted by molar-refractivity contribution is 6.33. The van der Waals surface area contributed by atoms with E-state index in [4.69, 9.17) is 22.1 Å². The number of halogens is 1. The van der Waals surface area contributed by atoms with Crippen LogP contribution in [0.2, 0.25) is 5.02 Å². The van der Waals surface area contributed by atoms with E-state index < -0.39 is 0 Å². The number of hydrogen-bond donors (Lipinski definition) is 2. The Labute approximate surface area is 160 Å². The Hall–Kier alpha value is -1.90. The molecule has 0 aliphatic carbocycles. The number of nitrogens with zero attached hydrogens (tertiary/aromatic N) is 1. The van der Waals surface area contributed by atoms with Crippen molar-refractivity contribution in [2.24, 2.45) is 5.92 Å². The zero-order valence-corrected chi connectivity index (χ0v) is 16.1. The summed E-state index contributed by atoms with van der Waals surface area (Å²) in [5.74, 6) is 6.50. The number of ether oxygens (including phenoxy) is 1. The molecule has 2 aliphatic rings. The number of nitrogens with one attached hydrogen (secondary N) is 1. The molecule has 0 saturated carbocycles. The maximum absolute atomic E-state index is 13.0. The smallest absolute Gasteiger partial charge is 0.255 e. The quantitative estimate of drug-likeness (QED) is 0.627. The lowest BCUT2D eigenvalue weighted by atomic mass is 9.85. The highest BCUT2D eigenvalue weighted by Crippen LogP contribution is 2.31. The molecule has 1 aromatic rings. The molecule has 3 rings (SSSR count). The Balaban J connectivity index is 1.78. The number of benzene rings is 1. The van der Waals surface area contributed by atoms with Gasteiger partial charge in [-0.3, -0.25) is 4.79 Å². The molecule has 2 aliphatic heterocycles. The molecule has 0 radical (unpaired) electrons. The summed E-state index contributed by atoms with van der Waals surface area (Å²) < 4.78 is 5.83. The van der Waals surface area contributed by atoms with Crippen LogP contribution in [0.4, 0.5) is 5.69 Å². The predicted molar refractivity (Wildman–Crippen MR) is 104 cm³/mol. The lowest BCUT2D eigenvalue weighted by molar-refractivity contribution is 0.0736. The van der Waals surface area contributed by atoms with Crippen molar-refractivity contribution < 1.29 is 9.53 Å². The Morgan fingerprint density at radius 1 is 1.42 bits per heavy atom. The summed E-state index contributed by atoms with van der Waals surface area (Å²) in [6.07, 6.45) is 3.00. The normalized spacial score (nSPS) is 25.6. The Morgan fingerprint density at radius 2 is 2.23 bits per heavy atom. The first kappa shape index (κ1) is 18.9. The molecule has 2 heterocycles. The molecular formula is C20H26ClN3O2. The number of amides is 1. The molecule has 1 aromatic carbocycles. The Kier molecular flexibility index (Phi) is 5.95. The molecule has 6 heteroatoms. The SMILES string of the molecule is CC#C[C@H](C)Oc1cc(N)c(Cl)cc1C(=O)NC1CCN2CCC[C@H]1C2. The van der Waals surface area contributed by atoms with Crippen molar-refractivity contribution in [3.05, 3.63) is 22.7 Å². The molecular weight excluding hydrogens is 350 g/mol. The van der Waals surface area contributed by atoms with Crippen LogP contribution in [-0.4, -0.2) is 42.6 Å². The van der Waals surface area contributed by atoms with Crippen LogP contribution in [0.15, 0.2) is 12.1 Å². The van der Waals surface area contributed by atoms with Gasteiger partial charge < -0.3 is 20.7 Å². The molecule has 3 N–H and O–H groups in total. The van der Waals surface area contributed by atoms with Gasteiger partial charge in [-0.2, -0.15) is 0 Å². The van der Waals surface area contributed by atoms with Gasteiger partial charge in [-0.05, 0) is 51.6 Å². The highest BCUT2D eigenvalue weighted by atomic mass is 35.5. The van der Waals surface area contributed by atoms with Crippen LogP contribution in [-0.2, 0) is 0 Å². The van der Waals surface area contributed by atoms with Crippen LogP contribution in [0, 0.1) is 17.8 Å². The first-order valence-electron chi connectivity index (χ1n) is 9.19. The molecule has 2 bridgehead atoms. The number of hydrogen-bond acceptors (Lipinski definition) is 4. The lowest BCUT2D eigenvalue weighted by Gasteiger charge is -2.42. The van der Waals surface area contributed by atoms with Gasteiger partial charge in [0, 0.05) is 25.2 Å². The number of rotatable bonds is 4. The summed E-state index contributed by atoms with van der Waals surface area (Å²) in [5, 5.41) is 3.55. The average Bonchev–Trinajstić information content (AvgIpc) is 2.61. The predicted octanol–water partition coefficient (Wildman–Crippen LogP) is 2.93. The zero-order chi connectivity index (χ0) is 18.7. The number of anilines is 1. The van der Waals surface area contributed by atoms with Crippen LogP contribution in [0.1, 0.15) is 43.5 Å². The number of fused-ring (bicyclic) bond motifs is 2. The van der Waals surface area contributed by atoms with Gasteiger partial charge in [0.05, 0.1) is 16.3 Å². The highest BCUT2D eigenvalue weighted by Gasteiger charge is 2.33. The molecule has 4 atom stereocenters. The van der Waals surface area contributed by atoms with Gasteiger partial charge in [0.25, 0.3) is 5.91 Å². The van der Waals surface area contributed by atoms with Gasteiger partial charge >= 0.3 is 0 Å². The standard InChI is InChI=1S/C20H26ClN3O2/c1-3-5-13(2)26-19-11-17(22)16(21)10-15(19)20(25)23-18-7-9-24-8-4-6-14(18)12-24/h10-11,13-14,18H,4,6-9,12,22H2,1-2H3,(H,23,25)/t13-,14-,18?/m0/s1. The first-order valence-corrected chi connectivity index (χ1v) is 9.57. The third kappa shape index (κ3) is 4.25. The second kappa shape index (κ2) is 8.20. The summed E-state index contributed by atoms with van der Waals surface area (Å²) in [5.41, 5.74) is 6.70. The molecule has 0 spiro atoms. The van der Waals surface area contributed by atoms with Crippen molar-refractivity contribution in [3.8, 4) is 17.6 Å². The maximum atomic E-state index is 13.0. The van der Waals surface area contributed by atoms with E-state index in [2.05, 4.69) is 22.1 Å². The molecule has 2 saturated heterocycles. The van der Waals surface area contributed by atoms with Crippen LogP contribution in [0.3, 0.4) is 0 Å². The third-order valence-electron chi connectivity index (χ3n) is 5.18. The van der Waals surface area contributed by atoms with Crippen molar-refractivity contribution in [2.75, 3.05) is 25.4 Å². The Morgan fingerprint density at radius 3 is 3.00 bits per heavy atom. The van der Waals surface area contributed by atoms with Crippen molar-refractivity contribution in [1.82, 2.24) is 10.2 Å². The lowest BCUT2D eigenvalue weighted by Crippen LogP contribution is -2.53.